The van der Waals surface area contributed by atoms with Crippen molar-refractivity contribution in [3.8, 4) is 5.75 Å². The van der Waals surface area contributed by atoms with Gasteiger partial charge < -0.3 is 14.2 Å². The highest BCUT2D eigenvalue weighted by Crippen LogP contribution is 2.25. The fourth-order valence-corrected chi connectivity index (χ4v) is 1.64. The number of benzene rings is 1. The second-order valence-electron chi connectivity index (χ2n) is 3.14. The maximum Gasteiger partial charge on any atom is 0.121 e. The van der Waals surface area contributed by atoms with E-state index in [0.29, 0.717) is 19.0 Å². The van der Waals surface area contributed by atoms with Gasteiger partial charge in [0.1, 0.15) is 18.1 Å². The van der Waals surface area contributed by atoms with E-state index < -0.39 is 0 Å². The van der Waals surface area contributed by atoms with Gasteiger partial charge in [-0.15, -0.1) is 0 Å². The summed E-state index contributed by atoms with van der Waals surface area (Å²) in [5.74, 6) is 1.37. The molecule has 0 N–H and O–H groups in total. The Morgan fingerprint density at radius 1 is 1.25 bits per heavy atom. The van der Waals surface area contributed by atoms with E-state index in [4.69, 9.17) is 14.2 Å². The first kappa shape index (κ1) is 13.1. The van der Waals surface area contributed by atoms with Gasteiger partial charge in [0.25, 0.3) is 0 Å². The SMILES string of the molecule is C=C(OC)c1cc(Br)cc(OCCOC)c1. The van der Waals surface area contributed by atoms with E-state index in [1.165, 1.54) is 0 Å². The molecule has 0 aliphatic rings. The summed E-state index contributed by atoms with van der Waals surface area (Å²) in [5, 5.41) is 0. The van der Waals surface area contributed by atoms with Gasteiger partial charge in [0.15, 0.2) is 0 Å². The Labute approximate surface area is 104 Å². The quantitative estimate of drug-likeness (QED) is 0.594. The van der Waals surface area contributed by atoms with Crippen LogP contribution in [0.3, 0.4) is 0 Å². The van der Waals surface area contributed by atoms with Crippen LogP contribution in [0.15, 0.2) is 29.3 Å². The summed E-state index contributed by atoms with van der Waals surface area (Å²) in [6.45, 7) is 4.88. The maximum absolute atomic E-state index is 5.51. The summed E-state index contributed by atoms with van der Waals surface area (Å²) in [5.41, 5.74) is 0.893. The Bertz CT molecular complexity index is 363. The molecular weight excluding hydrogens is 272 g/mol. The lowest BCUT2D eigenvalue weighted by atomic mass is 10.2. The summed E-state index contributed by atoms with van der Waals surface area (Å²) in [6, 6.07) is 5.70. The molecule has 1 aromatic rings. The van der Waals surface area contributed by atoms with Crippen molar-refractivity contribution in [1.82, 2.24) is 0 Å². The fourth-order valence-electron chi connectivity index (χ4n) is 1.17. The first-order chi connectivity index (χ1) is 7.67. The second-order valence-corrected chi connectivity index (χ2v) is 4.06. The van der Waals surface area contributed by atoms with Crippen molar-refractivity contribution >= 4 is 21.7 Å². The lowest BCUT2D eigenvalue weighted by Gasteiger charge is -2.09. The molecule has 0 bridgehead atoms. The van der Waals surface area contributed by atoms with Crippen LogP contribution in [0, 0.1) is 0 Å². The Balaban J connectivity index is 2.77. The molecule has 0 radical (unpaired) electrons. The van der Waals surface area contributed by atoms with Crippen LogP contribution in [0.4, 0.5) is 0 Å². The van der Waals surface area contributed by atoms with Gasteiger partial charge in [0.05, 0.1) is 13.7 Å². The molecule has 0 aliphatic heterocycles. The molecule has 88 valence electrons. The molecule has 0 heterocycles. The minimum absolute atomic E-state index is 0.520. The average Bonchev–Trinajstić information content (AvgIpc) is 2.27. The van der Waals surface area contributed by atoms with Gasteiger partial charge in [-0.25, -0.2) is 0 Å². The standard InChI is InChI=1S/C12H15BrO3/c1-9(15-3)10-6-11(13)8-12(7-10)16-5-4-14-2/h6-8H,1,4-5H2,2-3H3. The zero-order valence-corrected chi connectivity index (χ0v) is 11.0. The van der Waals surface area contributed by atoms with E-state index in [0.717, 1.165) is 15.8 Å². The van der Waals surface area contributed by atoms with Crippen molar-refractivity contribution in [1.29, 1.82) is 0 Å². The zero-order valence-electron chi connectivity index (χ0n) is 9.46. The lowest BCUT2D eigenvalue weighted by Crippen LogP contribution is -2.04. The van der Waals surface area contributed by atoms with Crippen LogP contribution in [-0.2, 0) is 9.47 Å². The van der Waals surface area contributed by atoms with Gasteiger partial charge in [0, 0.05) is 17.1 Å². The Morgan fingerprint density at radius 3 is 2.62 bits per heavy atom. The topological polar surface area (TPSA) is 27.7 Å². The minimum Gasteiger partial charge on any atom is -0.497 e. The van der Waals surface area contributed by atoms with Crippen molar-refractivity contribution in [2.75, 3.05) is 27.4 Å². The molecule has 0 amide bonds. The molecule has 0 saturated heterocycles. The Hall–Kier alpha value is -1.00. The maximum atomic E-state index is 5.51. The molecule has 3 nitrogen and oxygen atoms in total. The molecule has 1 aromatic carbocycles. The summed E-state index contributed by atoms with van der Waals surface area (Å²) in [4.78, 5) is 0. The van der Waals surface area contributed by atoms with Crippen molar-refractivity contribution in [3.63, 3.8) is 0 Å². The molecule has 0 fully saturated rings. The van der Waals surface area contributed by atoms with Gasteiger partial charge in [-0.05, 0) is 18.2 Å². The van der Waals surface area contributed by atoms with Gasteiger partial charge in [-0.3, -0.25) is 0 Å². The molecule has 0 atom stereocenters. The smallest absolute Gasteiger partial charge is 0.121 e. The number of ether oxygens (including phenoxy) is 3. The third-order valence-corrected chi connectivity index (χ3v) is 2.45. The average molecular weight is 287 g/mol. The molecular formula is C12H15BrO3. The summed E-state index contributed by atoms with van der Waals surface area (Å²) in [7, 11) is 3.23. The van der Waals surface area contributed by atoms with E-state index in [1.54, 1.807) is 14.2 Å². The van der Waals surface area contributed by atoms with E-state index in [1.807, 2.05) is 18.2 Å². The van der Waals surface area contributed by atoms with Crippen LogP contribution < -0.4 is 4.74 Å². The predicted octanol–water partition coefficient (Wildman–Crippen LogP) is 3.09. The zero-order chi connectivity index (χ0) is 12.0. The van der Waals surface area contributed by atoms with Gasteiger partial charge >= 0.3 is 0 Å². The Morgan fingerprint density at radius 2 is 2.00 bits per heavy atom. The third kappa shape index (κ3) is 3.87. The normalized spacial score (nSPS) is 9.94. The van der Waals surface area contributed by atoms with E-state index in [2.05, 4.69) is 22.5 Å². The summed E-state index contributed by atoms with van der Waals surface area (Å²) >= 11 is 3.41. The molecule has 0 spiro atoms. The highest BCUT2D eigenvalue weighted by atomic mass is 79.9. The molecule has 1 rings (SSSR count). The monoisotopic (exact) mass is 286 g/mol. The number of rotatable bonds is 6. The van der Waals surface area contributed by atoms with Crippen LogP contribution in [0.1, 0.15) is 5.56 Å². The molecule has 4 heteroatoms. The Kier molecular flexibility index (Phi) is 5.35. The molecule has 0 aromatic heterocycles. The number of methoxy groups -OCH3 is 2. The molecule has 0 unspecified atom stereocenters. The highest BCUT2D eigenvalue weighted by Gasteiger charge is 2.03. The summed E-state index contributed by atoms with van der Waals surface area (Å²) in [6.07, 6.45) is 0. The van der Waals surface area contributed by atoms with Gasteiger partial charge in [0.2, 0.25) is 0 Å². The van der Waals surface area contributed by atoms with Crippen LogP contribution in [0.5, 0.6) is 5.75 Å². The van der Waals surface area contributed by atoms with Gasteiger partial charge in [-0.2, -0.15) is 0 Å². The van der Waals surface area contributed by atoms with E-state index in [9.17, 15) is 0 Å². The van der Waals surface area contributed by atoms with Gasteiger partial charge in [-0.1, -0.05) is 22.5 Å². The van der Waals surface area contributed by atoms with E-state index in [-0.39, 0.29) is 0 Å². The first-order valence-electron chi connectivity index (χ1n) is 4.83. The van der Waals surface area contributed by atoms with Crippen LogP contribution >= 0.6 is 15.9 Å². The third-order valence-electron chi connectivity index (χ3n) is 2.00. The number of halogens is 1. The van der Waals surface area contributed by atoms with Crippen LogP contribution in [-0.4, -0.2) is 27.4 Å². The van der Waals surface area contributed by atoms with E-state index >= 15 is 0 Å². The fraction of sp³-hybridized carbons (Fsp3) is 0.333. The largest absolute Gasteiger partial charge is 0.497 e. The molecule has 16 heavy (non-hydrogen) atoms. The van der Waals surface area contributed by atoms with Crippen molar-refractivity contribution in [3.05, 3.63) is 34.8 Å². The number of hydrogen-bond acceptors (Lipinski definition) is 3. The highest BCUT2D eigenvalue weighted by molar-refractivity contribution is 9.10. The lowest BCUT2D eigenvalue weighted by molar-refractivity contribution is 0.146. The minimum atomic E-state index is 0.520. The predicted molar refractivity (Wildman–Crippen MR) is 67.6 cm³/mol. The molecule has 0 aliphatic carbocycles. The van der Waals surface area contributed by atoms with Crippen molar-refractivity contribution in [2.24, 2.45) is 0 Å². The van der Waals surface area contributed by atoms with Crippen LogP contribution in [0.25, 0.3) is 5.76 Å². The second kappa shape index (κ2) is 6.55. The summed E-state index contributed by atoms with van der Waals surface area (Å²) < 4.78 is 16.4. The number of hydrogen-bond donors (Lipinski definition) is 0. The van der Waals surface area contributed by atoms with Crippen molar-refractivity contribution in [2.45, 2.75) is 0 Å². The van der Waals surface area contributed by atoms with Crippen LogP contribution in [0.2, 0.25) is 0 Å². The first-order valence-corrected chi connectivity index (χ1v) is 5.62. The molecule has 0 saturated carbocycles. The van der Waals surface area contributed by atoms with Crippen molar-refractivity contribution < 1.29 is 14.2 Å².